The third-order valence-corrected chi connectivity index (χ3v) is 6.24. The van der Waals surface area contributed by atoms with Crippen molar-refractivity contribution < 1.29 is 23.4 Å². The highest BCUT2D eigenvalue weighted by Gasteiger charge is 2.23. The van der Waals surface area contributed by atoms with Gasteiger partial charge in [0.05, 0.1) is 38.2 Å². The molecule has 0 amide bonds. The Morgan fingerprint density at radius 2 is 2.00 bits per heavy atom. The minimum atomic E-state index is -0.314. The summed E-state index contributed by atoms with van der Waals surface area (Å²) in [4.78, 5) is 13.0. The van der Waals surface area contributed by atoms with Crippen LogP contribution < -0.4 is 9.47 Å². The molecule has 9 heteroatoms. The third-order valence-electron chi connectivity index (χ3n) is 5.27. The Bertz CT molecular complexity index is 1080. The van der Waals surface area contributed by atoms with E-state index in [9.17, 15) is 9.18 Å². The molecule has 1 atom stereocenters. The van der Waals surface area contributed by atoms with Crippen molar-refractivity contribution in [3.05, 3.63) is 53.8 Å². The van der Waals surface area contributed by atoms with Crippen LogP contribution in [0.25, 0.3) is 11.4 Å². The lowest BCUT2D eigenvalue weighted by Crippen LogP contribution is -2.17. The molecule has 1 aromatic heterocycles. The highest BCUT2D eigenvalue weighted by molar-refractivity contribution is 7.99. The van der Waals surface area contributed by atoms with Gasteiger partial charge in [-0.25, -0.2) is 4.39 Å². The van der Waals surface area contributed by atoms with Crippen molar-refractivity contribution in [2.24, 2.45) is 0 Å². The lowest BCUT2D eigenvalue weighted by molar-refractivity contribution is 0.0953. The van der Waals surface area contributed by atoms with Crippen LogP contribution in [-0.4, -0.2) is 53.2 Å². The van der Waals surface area contributed by atoms with Crippen molar-refractivity contribution >= 4 is 17.5 Å². The Hall–Kier alpha value is -2.91. The number of nitrogens with zero attached hydrogens (tertiary/aromatic N) is 3. The SMILES string of the molecule is COc1ccc(OC)c(C(=O)CSc2nnc(-c3ccc(F)cc3)n2C[C@@H]2CCCO2)c1. The number of hydrogen-bond acceptors (Lipinski definition) is 7. The van der Waals surface area contributed by atoms with Gasteiger partial charge in [0.1, 0.15) is 17.3 Å². The Labute approximate surface area is 189 Å². The molecule has 168 valence electrons. The normalized spacial score (nSPS) is 15.7. The molecular weight excluding hydrogens is 433 g/mol. The van der Waals surface area contributed by atoms with Gasteiger partial charge in [-0.15, -0.1) is 10.2 Å². The zero-order valence-electron chi connectivity index (χ0n) is 17.9. The van der Waals surface area contributed by atoms with E-state index in [0.29, 0.717) is 34.6 Å². The van der Waals surface area contributed by atoms with Crippen LogP contribution in [0.1, 0.15) is 23.2 Å². The summed E-state index contributed by atoms with van der Waals surface area (Å²) in [5.74, 6) is 1.42. The Kier molecular flexibility index (Phi) is 7.06. The van der Waals surface area contributed by atoms with Crippen LogP contribution in [0.15, 0.2) is 47.6 Å². The highest BCUT2D eigenvalue weighted by Crippen LogP contribution is 2.29. The Balaban J connectivity index is 1.58. The number of carbonyl (C=O) groups excluding carboxylic acids is 1. The molecule has 0 bridgehead atoms. The highest BCUT2D eigenvalue weighted by atomic mass is 32.2. The molecule has 3 aromatic rings. The number of ketones is 1. The van der Waals surface area contributed by atoms with Crippen molar-refractivity contribution in [1.82, 2.24) is 14.8 Å². The number of halogens is 1. The fourth-order valence-corrected chi connectivity index (χ4v) is 4.44. The lowest BCUT2D eigenvalue weighted by Gasteiger charge is -2.15. The van der Waals surface area contributed by atoms with Crippen LogP contribution in [0.4, 0.5) is 4.39 Å². The first-order valence-corrected chi connectivity index (χ1v) is 11.3. The number of thioether (sulfide) groups is 1. The molecule has 0 aliphatic carbocycles. The van der Waals surface area contributed by atoms with E-state index in [1.54, 1.807) is 37.4 Å². The average molecular weight is 458 g/mol. The molecule has 0 saturated carbocycles. The van der Waals surface area contributed by atoms with E-state index in [2.05, 4.69) is 10.2 Å². The van der Waals surface area contributed by atoms with Crippen molar-refractivity contribution in [2.75, 3.05) is 26.6 Å². The molecule has 2 aromatic carbocycles. The third kappa shape index (κ3) is 4.94. The molecule has 1 fully saturated rings. The summed E-state index contributed by atoms with van der Waals surface area (Å²) in [7, 11) is 3.08. The van der Waals surface area contributed by atoms with Gasteiger partial charge in [-0.1, -0.05) is 11.8 Å². The summed E-state index contributed by atoms with van der Waals surface area (Å²) in [6, 6.07) is 11.3. The molecule has 0 N–H and O–H groups in total. The van der Waals surface area contributed by atoms with E-state index in [1.807, 2.05) is 4.57 Å². The van der Waals surface area contributed by atoms with Crippen molar-refractivity contribution in [1.29, 1.82) is 0 Å². The molecule has 1 saturated heterocycles. The number of ether oxygens (including phenoxy) is 3. The summed E-state index contributed by atoms with van der Waals surface area (Å²) < 4.78 is 31.7. The molecule has 7 nitrogen and oxygen atoms in total. The molecule has 32 heavy (non-hydrogen) atoms. The van der Waals surface area contributed by atoms with Crippen LogP contribution >= 0.6 is 11.8 Å². The van der Waals surface area contributed by atoms with Gasteiger partial charge >= 0.3 is 0 Å². The quantitative estimate of drug-likeness (QED) is 0.351. The Morgan fingerprint density at radius 1 is 1.19 bits per heavy atom. The largest absolute Gasteiger partial charge is 0.497 e. The maximum atomic E-state index is 13.4. The molecule has 1 aliphatic rings. The zero-order valence-corrected chi connectivity index (χ0v) is 18.7. The minimum absolute atomic E-state index is 0.0544. The van der Waals surface area contributed by atoms with Crippen LogP contribution in [0.5, 0.6) is 11.5 Å². The number of rotatable bonds is 9. The van der Waals surface area contributed by atoms with Gasteiger partial charge in [-0.05, 0) is 55.3 Å². The first-order chi connectivity index (χ1) is 15.6. The van der Waals surface area contributed by atoms with E-state index in [4.69, 9.17) is 14.2 Å². The van der Waals surface area contributed by atoms with Gasteiger partial charge in [0, 0.05) is 12.2 Å². The summed E-state index contributed by atoms with van der Waals surface area (Å²) in [6.07, 6.45) is 2.01. The van der Waals surface area contributed by atoms with Gasteiger partial charge in [-0.3, -0.25) is 9.36 Å². The van der Waals surface area contributed by atoms with Crippen LogP contribution in [0.2, 0.25) is 0 Å². The first-order valence-electron chi connectivity index (χ1n) is 10.3. The number of carbonyl (C=O) groups is 1. The summed E-state index contributed by atoms with van der Waals surface area (Å²) in [5, 5.41) is 9.25. The summed E-state index contributed by atoms with van der Waals surface area (Å²) in [6.45, 7) is 1.30. The van der Waals surface area contributed by atoms with Crippen molar-refractivity contribution in [3.8, 4) is 22.9 Å². The molecule has 0 radical (unpaired) electrons. The topological polar surface area (TPSA) is 75.5 Å². The van der Waals surface area contributed by atoms with E-state index in [0.717, 1.165) is 25.0 Å². The van der Waals surface area contributed by atoms with Crippen molar-refractivity contribution in [3.63, 3.8) is 0 Å². The predicted octanol–water partition coefficient (Wildman–Crippen LogP) is 4.26. The monoisotopic (exact) mass is 457 g/mol. The average Bonchev–Trinajstić information content (AvgIpc) is 3.48. The van der Waals surface area contributed by atoms with Crippen LogP contribution in [0.3, 0.4) is 0 Å². The maximum absolute atomic E-state index is 13.4. The molecule has 0 spiro atoms. The van der Waals surface area contributed by atoms with Gasteiger partial charge in [-0.2, -0.15) is 0 Å². The van der Waals surface area contributed by atoms with E-state index >= 15 is 0 Å². The summed E-state index contributed by atoms with van der Waals surface area (Å²) in [5.41, 5.74) is 1.20. The number of methoxy groups -OCH3 is 2. The van der Waals surface area contributed by atoms with E-state index in [1.165, 1.54) is 31.0 Å². The van der Waals surface area contributed by atoms with Gasteiger partial charge in [0.15, 0.2) is 16.8 Å². The standard InChI is InChI=1S/C23H24FN3O4S/c1-29-17-9-10-21(30-2)19(12-17)20(28)14-32-23-26-25-22(15-5-7-16(24)8-6-15)27(23)13-18-4-3-11-31-18/h5-10,12,18H,3-4,11,13-14H2,1-2H3/t18-/m0/s1. The predicted molar refractivity (Wildman–Crippen MR) is 119 cm³/mol. The second-order valence-corrected chi connectivity index (χ2v) is 8.28. The number of hydrogen-bond donors (Lipinski definition) is 0. The van der Waals surface area contributed by atoms with Crippen molar-refractivity contribution in [2.45, 2.75) is 30.6 Å². The van der Waals surface area contributed by atoms with E-state index in [-0.39, 0.29) is 23.5 Å². The first kappa shape index (κ1) is 22.3. The molecule has 0 unspecified atom stereocenters. The molecular formula is C23H24FN3O4S. The Morgan fingerprint density at radius 3 is 2.69 bits per heavy atom. The van der Waals surface area contributed by atoms with Crippen LogP contribution in [-0.2, 0) is 11.3 Å². The minimum Gasteiger partial charge on any atom is -0.497 e. The van der Waals surface area contributed by atoms with Gasteiger partial charge in [0.25, 0.3) is 0 Å². The zero-order chi connectivity index (χ0) is 22.5. The number of Topliss-reactive ketones (excluding diaryl/α,β-unsaturated/α-hetero) is 1. The maximum Gasteiger partial charge on any atom is 0.192 e. The fourth-order valence-electron chi connectivity index (χ4n) is 3.60. The second-order valence-electron chi connectivity index (χ2n) is 7.34. The van der Waals surface area contributed by atoms with Gasteiger partial charge < -0.3 is 14.2 Å². The summed E-state index contributed by atoms with van der Waals surface area (Å²) >= 11 is 1.30. The van der Waals surface area contributed by atoms with Crippen LogP contribution in [0, 0.1) is 5.82 Å². The molecule has 2 heterocycles. The second kappa shape index (κ2) is 10.1. The number of benzene rings is 2. The lowest BCUT2D eigenvalue weighted by atomic mass is 10.1. The molecule has 4 rings (SSSR count). The fraction of sp³-hybridized carbons (Fsp3) is 0.348. The molecule has 1 aliphatic heterocycles. The van der Waals surface area contributed by atoms with E-state index < -0.39 is 0 Å². The van der Waals surface area contributed by atoms with Gasteiger partial charge in [0.2, 0.25) is 0 Å². The number of aromatic nitrogens is 3. The smallest absolute Gasteiger partial charge is 0.192 e.